The third kappa shape index (κ3) is 1.65. The molecule has 0 bridgehead atoms. The highest BCUT2D eigenvalue weighted by molar-refractivity contribution is 14.1. The fraction of sp³-hybridized carbons (Fsp3) is 0.111. The van der Waals surface area contributed by atoms with Gasteiger partial charge >= 0.3 is 0 Å². The molecule has 0 aliphatic rings. The molecule has 4 heteroatoms. The summed E-state index contributed by atoms with van der Waals surface area (Å²) in [4.78, 5) is 0. The molecule has 0 unspecified atom stereocenters. The fourth-order valence-electron chi connectivity index (χ4n) is 1.23. The molecule has 0 saturated carbocycles. The zero-order valence-electron chi connectivity index (χ0n) is 6.55. The van der Waals surface area contributed by atoms with Gasteiger partial charge in [-0.3, -0.25) is 0 Å². The topological polar surface area (TPSA) is 20.2 Å². The van der Waals surface area contributed by atoms with Gasteiger partial charge in [-0.1, -0.05) is 15.9 Å². The molecule has 0 amide bonds. The zero-order chi connectivity index (χ0) is 9.42. The molecule has 13 heavy (non-hydrogen) atoms. The van der Waals surface area contributed by atoms with Crippen molar-refractivity contribution in [2.75, 3.05) is 0 Å². The largest absolute Gasteiger partial charge is 0.392 e. The first-order chi connectivity index (χ1) is 6.24. The summed E-state index contributed by atoms with van der Waals surface area (Å²) in [6.45, 7) is 0.0879. The van der Waals surface area contributed by atoms with E-state index in [0.29, 0.717) is 0 Å². The first-order valence-corrected chi connectivity index (χ1v) is 6.44. The molecule has 1 aromatic carbocycles. The summed E-state index contributed by atoms with van der Waals surface area (Å²) in [5.74, 6) is 0. The number of thiophene rings is 1. The summed E-state index contributed by atoms with van der Waals surface area (Å²) < 4.78 is 3.40. The van der Waals surface area contributed by atoms with Crippen molar-refractivity contribution in [3.63, 3.8) is 0 Å². The minimum atomic E-state index is 0.0879. The van der Waals surface area contributed by atoms with Crippen molar-refractivity contribution in [1.82, 2.24) is 0 Å². The van der Waals surface area contributed by atoms with Crippen molar-refractivity contribution >= 4 is 59.9 Å². The number of aliphatic hydroxyl groups excluding tert-OH is 1. The number of fused-ring (bicyclic) bond motifs is 1. The molecule has 2 aromatic rings. The second-order valence-corrected chi connectivity index (χ2v) is 5.52. The molecule has 1 nitrogen and oxygen atoms in total. The molecule has 0 radical (unpaired) electrons. The van der Waals surface area contributed by atoms with Gasteiger partial charge in [0.25, 0.3) is 0 Å². The number of hydrogen-bond acceptors (Lipinski definition) is 2. The quantitative estimate of drug-likeness (QED) is 0.760. The van der Waals surface area contributed by atoms with Crippen LogP contribution in [0.2, 0.25) is 0 Å². The Kier molecular flexibility index (Phi) is 2.92. The number of benzene rings is 1. The average Bonchev–Trinajstić information content (AvgIpc) is 2.53. The summed E-state index contributed by atoms with van der Waals surface area (Å²) in [6.07, 6.45) is 0. The smallest absolute Gasteiger partial charge is 0.0703 e. The lowest BCUT2D eigenvalue weighted by molar-refractivity contribution is 0.280. The average molecular weight is 369 g/mol. The van der Waals surface area contributed by atoms with Crippen molar-refractivity contribution < 1.29 is 5.11 Å². The summed E-state index contributed by atoms with van der Waals surface area (Å²) in [7, 11) is 0. The molecule has 1 N–H and O–H groups in total. The molecule has 0 aliphatic heterocycles. The predicted molar refractivity (Wildman–Crippen MR) is 68.2 cm³/mol. The van der Waals surface area contributed by atoms with E-state index in [0.717, 1.165) is 13.6 Å². The number of rotatable bonds is 1. The normalized spacial score (nSPS) is 11.0. The maximum atomic E-state index is 9.16. The molecular formula is C9H6BrIOS. The summed E-state index contributed by atoms with van der Waals surface area (Å²) in [5, 5.41) is 12.5. The van der Waals surface area contributed by atoms with Crippen LogP contribution in [0.15, 0.2) is 22.0 Å². The molecule has 0 spiro atoms. The van der Waals surface area contributed by atoms with Crippen LogP contribution >= 0.6 is 49.9 Å². The number of halogens is 2. The maximum Gasteiger partial charge on any atom is 0.0703 e. The van der Waals surface area contributed by atoms with Crippen LogP contribution in [0.3, 0.4) is 0 Å². The maximum absolute atomic E-state index is 9.16. The van der Waals surface area contributed by atoms with Crippen LogP contribution in [0.4, 0.5) is 0 Å². The van der Waals surface area contributed by atoms with Gasteiger partial charge in [0.1, 0.15) is 0 Å². The lowest BCUT2D eigenvalue weighted by Gasteiger charge is -2.05. The first-order valence-electron chi connectivity index (χ1n) is 3.69. The highest BCUT2D eigenvalue weighted by Gasteiger charge is 2.09. The van der Waals surface area contributed by atoms with Gasteiger partial charge < -0.3 is 5.11 Å². The Hall–Kier alpha value is 0.350. The van der Waals surface area contributed by atoms with E-state index >= 15 is 0 Å². The van der Waals surface area contributed by atoms with E-state index in [9.17, 15) is 0 Å². The van der Waals surface area contributed by atoms with Crippen LogP contribution in [0.1, 0.15) is 5.56 Å². The van der Waals surface area contributed by atoms with Gasteiger partial charge in [-0.2, -0.15) is 0 Å². The molecule has 68 valence electrons. The Morgan fingerprint density at radius 3 is 3.00 bits per heavy atom. The summed E-state index contributed by atoms with van der Waals surface area (Å²) >= 11 is 7.45. The number of aliphatic hydroxyl groups is 1. The highest BCUT2D eigenvalue weighted by atomic mass is 127. The van der Waals surface area contributed by atoms with Gasteiger partial charge in [-0.05, 0) is 40.1 Å². The fourth-order valence-corrected chi connectivity index (χ4v) is 4.25. The number of hydrogen-bond donors (Lipinski definition) is 1. The van der Waals surface area contributed by atoms with Gasteiger partial charge in [0.15, 0.2) is 0 Å². The van der Waals surface area contributed by atoms with E-state index in [1.807, 2.05) is 0 Å². The van der Waals surface area contributed by atoms with Crippen molar-refractivity contribution in [3.8, 4) is 0 Å². The van der Waals surface area contributed by atoms with E-state index in [-0.39, 0.29) is 6.61 Å². The van der Waals surface area contributed by atoms with Gasteiger partial charge in [-0.25, -0.2) is 0 Å². The molecule has 0 aliphatic carbocycles. The van der Waals surface area contributed by atoms with E-state index in [1.165, 1.54) is 10.1 Å². The molecule has 2 rings (SSSR count). The van der Waals surface area contributed by atoms with Crippen LogP contribution in [0.5, 0.6) is 0 Å². The highest BCUT2D eigenvalue weighted by Crippen LogP contribution is 2.33. The first kappa shape index (κ1) is 9.89. The Labute approximate surface area is 102 Å². The standard InChI is InChI=1S/C9H6BrIOS/c10-7-3-8-5(1-2-13-8)9(11)6(7)4-12/h1-3,12H,4H2. The molecule has 0 fully saturated rings. The molecule has 0 atom stereocenters. The minimum absolute atomic E-state index is 0.0879. The van der Waals surface area contributed by atoms with E-state index in [2.05, 4.69) is 56.0 Å². The van der Waals surface area contributed by atoms with E-state index in [4.69, 9.17) is 5.11 Å². The lowest BCUT2D eigenvalue weighted by atomic mass is 10.2. The Morgan fingerprint density at radius 1 is 1.54 bits per heavy atom. The van der Waals surface area contributed by atoms with Crippen molar-refractivity contribution in [1.29, 1.82) is 0 Å². The molecule has 0 saturated heterocycles. The molecule has 1 heterocycles. The summed E-state index contributed by atoms with van der Waals surface area (Å²) in [5.41, 5.74) is 0.978. The minimum Gasteiger partial charge on any atom is -0.392 e. The molecular weight excluding hydrogens is 363 g/mol. The lowest BCUT2D eigenvalue weighted by Crippen LogP contribution is -1.90. The van der Waals surface area contributed by atoms with Crippen molar-refractivity contribution in [2.45, 2.75) is 6.61 Å². The third-order valence-electron chi connectivity index (χ3n) is 1.90. The van der Waals surface area contributed by atoms with Crippen LogP contribution in [-0.4, -0.2) is 5.11 Å². The van der Waals surface area contributed by atoms with Gasteiger partial charge in [0, 0.05) is 23.7 Å². The zero-order valence-corrected chi connectivity index (χ0v) is 11.1. The summed E-state index contributed by atoms with van der Waals surface area (Å²) in [6, 6.07) is 4.15. The SMILES string of the molecule is OCc1c(Br)cc2sccc2c1I. The van der Waals surface area contributed by atoms with Crippen molar-refractivity contribution in [2.24, 2.45) is 0 Å². The second kappa shape index (κ2) is 3.84. The van der Waals surface area contributed by atoms with Crippen LogP contribution in [0.25, 0.3) is 10.1 Å². The van der Waals surface area contributed by atoms with Gasteiger partial charge in [0.05, 0.1) is 6.61 Å². The van der Waals surface area contributed by atoms with E-state index < -0.39 is 0 Å². The van der Waals surface area contributed by atoms with Gasteiger partial charge in [-0.15, -0.1) is 11.3 Å². The second-order valence-electron chi connectivity index (χ2n) is 2.64. The van der Waals surface area contributed by atoms with Crippen LogP contribution in [-0.2, 0) is 6.61 Å². The van der Waals surface area contributed by atoms with Gasteiger partial charge in [0.2, 0.25) is 0 Å². The molecule has 1 aromatic heterocycles. The van der Waals surface area contributed by atoms with E-state index in [1.54, 1.807) is 11.3 Å². The Bertz CT molecular complexity index is 452. The Balaban J connectivity index is 2.85. The Morgan fingerprint density at radius 2 is 2.31 bits per heavy atom. The predicted octanol–water partition coefficient (Wildman–Crippen LogP) is 3.76. The monoisotopic (exact) mass is 368 g/mol. The van der Waals surface area contributed by atoms with Crippen LogP contribution in [0, 0.1) is 3.57 Å². The third-order valence-corrected chi connectivity index (χ3v) is 4.70. The van der Waals surface area contributed by atoms with Crippen molar-refractivity contribution in [3.05, 3.63) is 31.1 Å². The van der Waals surface area contributed by atoms with Crippen LogP contribution < -0.4 is 0 Å².